The summed E-state index contributed by atoms with van der Waals surface area (Å²) in [7, 11) is 0. The van der Waals surface area contributed by atoms with Crippen LogP contribution in [0.5, 0.6) is 0 Å². The first-order valence-electron chi connectivity index (χ1n) is 8.95. The van der Waals surface area contributed by atoms with Crippen molar-refractivity contribution in [2.45, 2.75) is 32.7 Å². The van der Waals surface area contributed by atoms with E-state index in [0.717, 1.165) is 22.9 Å². The molecule has 0 aliphatic rings. The fraction of sp³-hybridized carbons (Fsp3) is 0.286. The molecule has 142 valence electrons. The number of hydrogen-bond acceptors (Lipinski definition) is 4. The van der Waals surface area contributed by atoms with Crippen LogP contribution in [0, 0.1) is 0 Å². The molecule has 6 heteroatoms. The van der Waals surface area contributed by atoms with Gasteiger partial charge in [-0.15, -0.1) is 4.68 Å². The lowest BCUT2D eigenvalue weighted by Gasteiger charge is -2.10. The number of carbonyl (C=O) groups is 1. The Morgan fingerprint density at radius 3 is 2.44 bits per heavy atom. The maximum atomic E-state index is 11.6. The van der Waals surface area contributed by atoms with Gasteiger partial charge in [-0.25, -0.2) is 0 Å². The van der Waals surface area contributed by atoms with Gasteiger partial charge in [0.2, 0.25) is 0 Å². The molecule has 3 aromatic rings. The fourth-order valence-electron chi connectivity index (χ4n) is 3.05. The van der Waals surface area contributed by atoms with Crippen LogP contribution >= 0.6 is 0 Å². The van der Waals surface area contributed by atoms with Gasteiger partial charge in [0.1, 0.15) is 6.54 Å². The summed E-state index contributed by atoms with van der Waals surface area (Å²) in [4.78, 5) is 11.6. The number of hydrogen-bond donors (Lipinski definition) is 1. The molecule has 0 spiro atoms. The van der Waals surface area contributed by atoms with Crippen LogP contribution in [0.15, 0.2) is 54.6 Å². The maximum absolute atomic E-state index is 11.6. The monoisotopic (exact) mass is 429 g/mol. The molecule has 2 aromatic carbocycles. The van der Waals surface area contributed by atoms with E-state index >= 15 is 0 Å². The van der Waals surface area contributed by atoms with Crippen LogP contribution in [0.3, 0.4) is 0 Å². The molecule has 5 nitrogen and oxygen atoms in total. The number of nitrogen functional groups attached to an aromatic ring is 1. The van der Waals surface area contributed by atoms with Gasteiger partial charge in [-0.05, 0) is 25.0 Å². The van der Waals surface area contributed by atoms with Gasteiger partial charge in [-0.2, -0.15) is 0 Å². The zero-order valence-electron chi connectivity index (χ0n) is 15.4. The van der Waals surface area contributed by atoms with Crippen LogP contribution in [0.1, 0.15) is 31.0 Å². The van der Waals surface area contributed by atoms with Crippen LogP contribution < -0.4 is 27.4 Å². The summed E-state index contributed by atoms with van der Waals surface area (Å²) < 4.78 is 6.79. The Bertz CT molecular complexity index is 901. The van der Waals surface area contributed by atoms with Crippen molar-refractivity contribution in [2.75, 3.05) is 12.3 Å². The van der Waals surface area contributed by atoms with Gasteiger partial charge in [0.15, 0.2) is 0 Å². The smallest absolute Gasteiger partial charge is 0.305 e. The molecule has 0 fully saturated rings. The highest BCUT2D eigenvalue weighted by Gasteiger charge is 2.17. The van der Waals surface area contributed by atoms with Crippen molar-refractivity contribution >= 4 is 22.6 Å². The van der Waals surface area contributed by atoms with Gasteiger partial charge in [-0.1, -0.05) is 53.6 Å². The SMILES string of the molecule is CCOC(=O)CCC[n+]1nc(Cc2ccccc2)c2ccccc2c1N.[Br-]. The van der Waals surface area contributed by atoms with Gasteiger partial charge in [0, 0.05) is 18.2 Å². The Morgan fingerprint density at radius 2 is 1.74 bits per heavy atom. The highest BCUT2D eigenvalue weighted by atomic mass is 79.9. The van der Waals surface area contributed by atoms with E-state index in [1.807, 2.05) is 43.3 Å². The minimum atomic E-state index is -0.183. The number of aryl methyl sites for hydroxylation is 1. The third-order valence-corrected chi connectivity index (χ3v) is 4.30. The van der Waals surface area contributed by atoms with Crippen molar-refractivity contribution in [3.8, 4) is 0 Å². The number of nitrogens with two attached hydrogens (primary N) is 1. The summed E-state index contributed by atoms with van der Waals surface area (Å²) in [6.45, 7) is 2.80. The van der Waals surface area contributed by atoms with E-state index in [9.17, 15) is 4.79 Å². The van der Waals surface area contributed by atoms with E-state index in [0.29, 0.717) is 31.8 Å². The topological polar surface area (TPSA) is 69.1 Å². The molecule has 0 saturated carbocycles. The second-order valence-corrected chi connectivity index (χ2v) is 6.17. The largest absolute Gasteiger partial charge is 1.00 e. The van der Waals surface area contributed by atoms with Gasteiger partial charge in [0.25, 0.3) is 0 Å². The molecular weight excluding hydrogens is 406 g/mol. The molecule has 0 saturated heterocycles. The van der Waals surface area contributed by atoms with Gasteiger partial charge >= 0.3 is 11.8 Å². The predicted molar refractivity (Wildman–Crippen MR) is 101 cm³/mol. The molecule has 1 heterocycles. The summed E-state index contributed by atoms with van der Waals surface area (Å²) in [6.07, 6.45) is 1.74. The maximum Gasteiger partial charge on any atom is 0.305 e. The number of esters is 1. The van der Waals surface area contributed by atoms with E-state index in [-0.39, 0.29) is 23.0 Å². The van der Waals surface area contributed by atoms with Crippen LogP contribution in [-0.4, -0.2) is 17.7 Å². The lowest BCUT2D eigenvalue weighted by atomic mass is 10.0. The Balaban J connectivity index is 0.00000261. The average molecular weight is 430 g/mol. The lowest BCUT2D eigenvalue weighted by Crippen LogP contribution is -3.00. The van der Waals surface area contributed by atoms with E-state index < -0.39 is 0 Å². The molecule has 2 N–H and O–H groups in total. The molecule has 1 aromatic heterocycles. The van der Waals surface area contributed by atoms with Crippen molar-refractivity contribution in [2.24, 2.45) is 0 Å². The summed E-state index contributed by atoms with van der Waals surface area (Å²) in [5, 5.41) is 6.83. The standard InChI is InChI=1S/C21H23N3O2.BrH/c1-2-26-20(25)13-8-14-24-21(22)18-12-7-6-11-17(18)19(23-24)15-16-9-4-3-5-10-16;/h3-7,9-12,22H,2,8,13-15H2,1H3;1H. The number of halogens is 1. The molecule has 0 atom stereocenters. The van der Waals surface area contributed by atoms with Gasteiger partial charge < -0.3 is 21.7 Å². The zero-order valence-corrected chi connectivity index (χ0v) is 17.0. The minimum Gasteiger partial charge on any atom is -1.00 e. The molecule has 0 amide bonds. The van der Waals surface area contributed by atoms with Gasteiger partial charge in [0.05, 0.1) is 17.7 Å². The average Bonchev–Trinajstić information content (AvgIpc) is 2.66. The quantitative estimate of drug-likeness (QED) is 0.425. The predicted octanol–water partition coefficient (Wildman–Crippen LogP) is 0.0426. The molecule has 0 bridgehead atoms. The fourth-order valence-corrected chi connectivity index (χ4v) is 3.05. The molecule has 0 aliphatic heterocycles. The van der Waals surface area contributed by atoms with E-state index in [2.05, 4.69) is 18.2 Å². The van der Waals surface area contributed by atoms with Crippen molar-refractivity contribution in [1.29, 1.82) is 0 Å². The number of anilines is 1. The first kappa shape index (κ1) is 20.8. The summed E-state index contributed by atoms with van der Waals surface area (Å²) in [5.74, 6) is 0.443. The van der Waals surface area contributed by atoms with Crippen molar-refractivity contribution in [3.63, 3.8) is 0 Å². The van der Waals surface area contributed by atoms with Crippen molar-refractivity contribution in [1.82, 2.24) is 5.10 Å². The summed E-state index contributed by atoms with van der Waals surface area (Å²) >= 11 is 0. The number of ether oxygens (including phenoxy) is 1. The zero-order chi connectivity index (χ0) is 18.4. The van der Waals surface area contributed by atoms with Gasteiger partial charge in [-0.3, -0.25) is 10.5 Å². The first-order chi connectivity index (χ1) is 12.7. The number of carbonyl (C=O) groups excluding carboxylic acids is 1. The third kappa shape index (κ3) is 5.26. The van der Waals surface area contributed by atoms with E-state index in [1.165, 1.54) is 5.56 Å². The lowest BCUT2D eigenvalue weighted by molar-refractivity contribution is -0.740. The number of aromatic nitrogens is 2. The highest BCUT2D eigenvalue weighted by Crippen LogP contribution is 2.22. The Hall–Kier alpha value is -2.47. The summed E-state index contributed by atoms with van der Waals surface area (Å²) in [5.41, 5.74) is 8.53. The van der Waals surface area contributed by atoms with Crippen LogP contribution in [0.2, 0.25) is 0 Å². The molecule has 27 heavy (non-hydrogen) atoms. The molecule has 0 radical (unpaired) electrons. The molecular formula is C21H24BrN3O2. The number of benzene rings is 2. The van der Waals surface area contributed by atoms with Crippen LogP contribution in [-0.2, 0) is 22.5 Å². The Labute approximate surface area is 169 Å². The van der Waals surface area contributed by atoms with E-state index in [4.69, 9.17) is 15.6 Å². The Morgan fingerprint density at radius 1 is 1.07 bits per heavy atom. The van der Waals surface area contributed by atoms with Crippen molar-refractivity contribution < 1.29 is 31.2 Å². The first-order valence-corrected chi connectivity index (χ1v) is 8.95. The number of fused-ring (bicyclic) bond motifs is 1. The third-order valence-electron chi connectivity index (χ3n) is 4.30. The Kier molecular flexibility index (Phi) is 7.73. The summed E-state index contributed by atoms with van der Waals surface area (Å²) in [6, 6.07) is 18.3. The second kappa shape index (κ2) is 10.0. The molecule has 0 aliphatic carbocycles. The number of nitrogens with zero attached hydrogens (tertiary/aromatic N) is 2. The highest BCUT2D eigenvalue weighted by molar-refractivity contribution is 5.91. The number of rotatable bonds is 7. The second-order valence-electron chi connectivity index (χ2n) is 6.17. The van der Waals surface area contributed by atoms with Crippen molar-refractivity contribution in [3.05, 3.63) is 65.9 Å². The van der Waals surface area contributed by atoms with E-state index in [1.54, 1.807) is 4.68 Å². The van der Waals surface area contributed by atoms with Crippen LogP contribution in [0.25, 0.3) is 10.8 Å². The molecule has 0 unspecified atom stereocenters. The molecule has 3 rings (SSSR count). The normalized spacial score (nSPS) is 10.4. The minimum absolute atomic E-state index is 0. The van der Waals surface area contributed by atoms with Crippen LogP contribution in [0.4, 0.5) is 5.82 Å².